The number of rotatable bonds is 4. The van der Waals surface area contributed by atoms with E-state index in [0.29, 0.717) is 15.8 Å². The first kappa shape index (κ1) is 21.8. The Balaban J connectivity index is 1.91. The largest absolute Gasteiger partial charge is 0.298 e. The van der Waals surface area contributed by atoms with Gasteiger partial charge in [-0.15, -0.1) is 0 Å². The zero-order valence-electron chi connectivity index (χ0n) is 17.5. The van der Waals surface area contributed by atoms with Gasteiger partial charge in [-0.25, -0.2) is 0 Å². The van der Waals surface area contributed by atoms with Crippen LogP contribution in [0.2, 0.25) is 10.0 Å². The first-order valence-electron chi connectivity index (χ1n) is 11.4. The maximum atomic E-state index is 14.8. The standard InChI is InChI=1S/C25H30Cl2N2O/c26-21-17-28-15-9-19(21)24(11-5-1-2-6-12-24)23(30)25(13-7-3-4-8-14-25)20-10-16-29-18-22(20)27/h9-10,15-18H,1-8,11-14H2. The van der Waals surface area contributed by atoms with E-state index in [1.807, 2.05) is 12.1 Å². The quantitative estimate of drug-likeness (QED) is 0.466. The maximum Gasteiger partial charge on any atom is 0.153 e. The first-order chi connectivity index (χ1) is 14.6. The summed E-state index contributed by atoms with van der Waals surface area (Å²) in [5, 5.41) is 1.22. The Kier molecular flexibility index (Phi) is 6.79. The van der Waals surface area contributed by atoms with Crippen molar-refractivity contribution in [2.24, 2.45) is 0 Å². The van der Waals surface area contributed by atoms with Crippen LogP contribution in [0.1, 0.15) is 88.2 Å². The summed E-state index contributed by atoms with van der Waals surface area (Å²) in [5.74, 6) is 0.319. The Labute approximate surface area is 189 Å². The van der Waals surface area contributed by atoms with Crippen LogP contribution in [-0.4, -0.2) is 15.8 Å². The van der Waals surface area contributed by atoms with Crippen molar-refractivity contribution >= 4 is 29.0 Å². The normalized spacial score (nSPS) is 21.4. The van der Waals surface area contributed by atoms with E-state index in [2.05, 4.69) is 9.97 Å². The fraction of sp³-hybridized carbons (Fsp3) is 0.560. The molecule has 0 spiro atoms. The molecule has 3 nitrogen and oxygen atoms in total. The van der Waals surface area contributed by atoms with Crippen LogP contribution in [-0.2, 0) is 15.6 Å². The minimum Gasteiger partial charge on any atom is -0.298 e. The van der Waals surface area contributed by atoms with Crippen molar-refractivity contribution in [1.29, 1.82) is 0 Å². The molecule has 0 saturated heterocycles. The molecule has 0 aliphatic heterocycles. The predicted octanol–water partition coefficient (Wildman–Crippen LogP) is 7.24. The Bertz CT molecular complexity index is 811. The van der Waals surface area contributed by atoms with E-state index >= 15 is 0 Å². The molecule has 2 aromatic rings. The molecule has 0 bridgehead atoms. The topological polar surface area (TPSA) is 42.9 Å². The summed E-state index contributed by atoms with van der Waals surface area (Å²) < 4.78 is 0. The van der Waals surface area contributed by atoms with E-state index in [1.54, 1.807) is 24.8 Å². The first-order valence-corrected chi connectivity index (χ1v) is 12.1. The van der Waals surface area contributed by atoms with Gasteiger partial charge in [0.1, 0.15) is 0 Å². The van der Waals surface area contributed by atoms with E-state index in [4.69, 9.17) is 23.2 Å². The van der Waals surface area contributed by atoms with Crippen molar-refractivity contribution in [3.63, 3.8) is 0 Å². The lowest BCUT2D eigenvalue weighted by atomic mass is 9.58. The van der Waals surface area contributed by atoms with Crippen molar-refractivity contribution in [2.45, 2.75) is 87.9 Å². The molecule has 0 N–H and O–H groups in total. The molecule has 2 saturated carbocycles. The van der Waals surface area contributed by atoms with Gasteiger partial charge in [-0.05, 0) is 48.9 Å². The zero-order chi connectivity index (χ0) is 21.0. The average molecular weight is 445 g/mol. The molecule has 0 radical (unpaired) electrons. The fourth-order valence-corrected chi connectivity index (χ4v) is 6.49. The number of Topliss-reactive ketones (excluding diaryl/α,β-unsaturated/α-hetero) is 1. The van der Waals surface area contributed by atoms with Gasteiger partial charge in [-0.3, -0.25) is 14.8 Å². The highest BCUT2D eigenvalue weighted by Gasteiger charge is 2.52. The van der Waals surface area contributed by atoms with Crippen molar-refractivity contribution in [3.8, 4) is 0 Å². The highest BCUT2D eigenvalue weighted by molar-refractivity contribution is 6.32. The number of ketones is 1. The lowest BCUT2D eigenvalue weighted by Gasteiger charge is -2.43. The molecule has 2 heterocycles. The van der Waals surface area contributed by atoms with Crippen LogP contribution in [0.15, 0.2) is 36.9 Å². The van der Waals surface area contributed by atoms with Crippen molar-refractivity contribution in [1.82, 2.24) is 9.97 Å². The number of halogens is 2. The average Bonchev–Trinajstić information content (AvgIpc) is 3.16. The number of nitrogens with zero attached hydrogens (tertiary/aromatic N) is 2. The maximum absolute atomic E-state index is 14.8. The zero-order valence-corrected chi connectivity index (χ0v) is 19.0. The second kappa shape index (κ2) is 9.36. The summed E-state index contributed by atoms with van der Waals surface area (Å²) >= 11 is 13.4. The van der Waals surface area contributed by atoms with Gasteiger partial charge in [0.2, 0.25) is 0 Å². The molecule has 2 aliphatic rings. The molecular weight excluding hydrogens is 415 g/mol. The third kappa shape index (κ3) is 3.91. The SMILES string of the molecule is O=C(C1(c2ccncc2Cl)CCCCCC1)C1(c2ccncc2Cl)CCCCCC1. The van der Waals surface area contributed by atoms with Crippen molar-refractivity contribution in [2.75, 3.05) is 0 Å². The van der Waals surface area contributed by atoms with E-state index in [1.165, 1.54) is 25.7 Å². The summed E-state index contributed by atoms with van der Waals surface area (Å²) in [6.45, 7) is 0. The van der Waals surface area contributed by atoms with E-state index in [9.17, 15) is 4.79 Å². The molecule has 2 fully saturated rings. The second-order valence-corrected chi connectivity index (χ2v) is 9.85. The van der Waals surface area contributed by atoms with Crippen LogP contribution in [0.4, 0.5) is 0 Å². The molecule has 160 valence electrons. The van der Waals surface area contributed by atoms with Crippen LogP contribution in [0.3, 0.4) is 0 Å². The number of carbonyl (C=O) groups is 1. The molecule has 5 heteroatoms. The summed E-state index contributed by atoms with van der Waals surface area (Å²) in [6.07, 6.45) is 19.2. The van der Waals surface area contributed by atoms with Gasteiger partial charge in [-0.2, -0.15) is 0 Å². The molecule has 0 amide bonds. The molecule has 0 atom stereocenters. The van der Waals surface area contributed by atoms with Crippen molar-refractivity contribution < 1.29 is 4.79 Å². The van der Waals surface area contributed by atoms with Crippen molar-refractivity contribution in [3.05, 3.63) is 58.1 Å². The van der Waals surface area contributed by atoms with Crippen LogP contribution < -0.4 is 0 Å². The van der Waals surface area contributed by atoms with E-state index in [0.717, 1.165) is 62.5 Å². The fourth-order valence-electron chi connectivity index (χ4n) is 5.89. The molecular formula is C25H30Cl2N2O. The van der Waals surface area contributed by atoms with Gasteiger partial charge in [0.05, 0.1) is 20.9 Å². The third-order valence-electron chi connectivity index (χ3n) is 7.36. The van der Waals surface area contributed by atoms with Crippen LogP contribution >= 0.6 is 23.2 Å². The lowest BCUT2D eigenvalue weighted by Crippen LogP contribution is -2.49. The Morgan fingerprint density at radius 1 is 0.667 bits per heavy atom. The lowest BCUT2D eigenvalue weighted by molar-refractivity contribution is -0.131. The monoisotopic (exact) mass is 444 g/mol. The summed E-state index contributed by atoms with van der Waals surface area (Å²) in [6, 6.07) is 3.95. The van der Waals surface area contributed by atoms with Crippen LogP contribution in [0, 0.1) is 0 Å². The Morgan fingerprint density at radius 2 is 1.03 bits per heavy atom. The molecule has 4 rings (SSSR count). The summed E-state index contributed by atoms with van der Waals surface area (Å²) in [7, 11) is 0. The predicted molar refractivity (Wildman–Crippen MR) is 122 cm³/mol. The Hall–Kier alpha value is -1.45. The van der Waals surface area contributed by atoms with Gasteiger partial charge in [-0.1, -0.05) is 74.6 Å². The van der Waals surface area contributed by atoms with Crippen LogP contribution in [0.25, 0.3) is 0 Å². The molecule has 0 aromatic carbocycles. The smallest absolute Gasteiger partial charge is 0.153 e. The van der Waals surface area contributed by atoms with Gasteiger partial charge >= 0.3 is 0 Å². The van der Waals surface area contributed by atoms with E-state index < -0.39 is 10.8 Å². The molecule has 0 unspecified atom stereocenters. The number of aromatic nitrogens is 2. The second-order valence-electron chi connectivity index (χ2n) is 9.03. The Morgan fingerprint density at radius 3 is 1.37 bits per heavy atom. The van der Waals surface area contributed by atoms with Gasteiger partial charge in [0.15, 0.2) is 5.78 Å². The molecule has 2 aromatic heterocycles. The van der Waals surface area contributed by atoms with Gasteiger partial charge < -0.3 is 0 Å². The number of hydrogen-bond donors (Lipinski definition) is 0. The number of carbonyl (C=O) groups excluding carboxylic acids is 1. The third-order valence-corrected chi connectivity index (χ3v) is 7.96. The van der Waals surface area contributed by atoms with Crippen LogP contribution in [0.5, 0.6) is 0 Å². The highest BCUT2D eigenvalue weighted by atomic mass is 35.5. The molecule has 30 heavy (non-hydrogen) atoms. The summed E-state index contributed by atoms with van der Waals surface area (Å²) in [5.41, 5.74) is 0.765. The summed E-state index contributed by atoms with van der Waals surface area (Å²) in [4.78, 5) is 23.2. The minimum atomic E-state index is -0.576. The number of hydrogen-bond acceptors (Lipinski definition) is 3. The van der Waals surface area contributed by atoms with Gasteiger partial charge in [0, 0.05) is 24.8 Å². The van der Waals surface area contributed by atoms with Gasteiger partial charge in [0.25, 0.3) is 0 Å². The highest BCUT2D eigenvalue weighted by Crippen LogP contribution is 2.51. The number of pyridine rings is 2. The molecule has 2 aliphatic carbocycles. The minimum absolute atomic E-state index is 0.319. The van der Waals surface area contributed by atoms with E-state index in [-0.39, 0.29) is 0 Å².